The molecule has 1 aliphatic rings. The van der Waals surface area contributed by atoms with Crippen LogP contribution in [0.1, 0.15) is 123 Å². The predicted molar refractivity (Wildman–Crippen MR) is 222 cm³/mol. The predicted octanol–water partition coefficient (Wildman–Crippen LogP) is 10.0. The Morgan fingerprint density at radius 3 is 1.98 bits per heavy atom. The summed E-state index contributed by atoms with van der Waals surface area (Å²) in [5, 5.41) is 12.4. The number of methoxy groups -OCH3 is 1. The second-order valence-corrected chi connectivity index (χ2v) is 17.1. The SMILES string of the molecule is CCCCCCCSCCCCCC/C=C/[C@H](C(=O)N1C(=S)OC(c2ccccc2)(c2ccccc2)[C@@H]1C(C)C)[C@@](O)(CCOC)C(=O)OC(C)(C)C. The largest absolute Gasteiger partial charge is 0.458 e. The molecule has 1 N–H and O–H groups in total. The molecular formula is C44H65NO6S2. The van der Waals surface area contributed by atoms with Crippen molar-refractivity contribution in [3.8, 4) is 0 Å². The molecule has 0 spiro atoms. The number of thioether (sulfide) groups is 1. The Labute approximate surface area is 329 Å². The van der Waals surface area contributed by atoms with Crippen molar-refractivity contribution in [1.82, 2.24) is 4.90 Å². The third-order valence-electron chi connectivity index (χ3n) is 9.76. The molecule has 0 bridgehead atoms. The fourth-order valence-corrected chi connectivity index (χ4v) is 8.46. The summed E-state index contributed by atoms with van der Waals surface area (Å²) in [7, 11) is 1.50. The zero-order valence-electron chi connectivity index (χ0n) is 33.3. The molecule has 3 rings (SSSR count). The molecule has 7 nitrogen and oxygen atoms in total. The fraction of sp³-hybridized carbons (Fsp3) is 0.614. The van der Waals surface area contributed by atoms with E-state index in [9.17, 15) is 9.90 Å². The van der Waals surface area contributed by atoms with Crippen LogP contribution in [0.2, 0.25) is 0 Å². The highest BCUT2D eigenvalue weighted by Gasteiger charge is 2.60. The number of unbranched alkanes of at least 4 members (excludes halogenated alkanes) is 8. The molecule has 1 amide bonds. The zero-order chi connectivity index (χ0) is 38.9. The molecule has 0 aliphatic carbocycles. The van der Waals surface area contributed by atoms with E-state index in [1.54, 1.807) is 26.8 Å². The first-order valence-electron chi connectivity index (χ1n) is 19.7. The van der Waals surface area contributed by atoms with Gasteiger partial charge in [-0.25, -0.2) is 4.79 Å². The quantitative estimate of drug-likeness (QED) is 0.0518. The summed E-state index contributed by atoms with van der Waals surface area (Å²) >= 11 is 7.98. The summed E-state index contributed by atoms with van der Waals surface area (Å²) in [4.78, 5) is 30.6. The summed E-state index contributed by atoms with van der Waals surface area (Å²) in [5.74, 6) is -0.423. The topological polar surface area (TPSA) is 85.3 Å². The molecule has 9 heteroatoms. The fourth-order valence-electron chi connectivity index (χ4n) is 7.10. The van der Waals surface area contributed by atoms with Crippen LogP contribution in [0.5, 0.6) is 0 Å². The van der Waals surface area contributed by atoms with Crippen LogP contribution >= 0.6 is 24.0 Å². The number of hydrogen-bond acceptors (Lipinski definition) is 8. The Bertz CT molecular complexity index is 1390. The summed E-state index contributed by atoms with van der Waals surface area (Å²) < 4.78 is 17.9. The van der Waals surface area contributed by atoms with Crippen molar-refractivity contribution >= 4 is 41.0 Å². The molecule has 1 aliphatic heterocycles. The van der Waals surface area contributed by atoms with Crippen molar-refractivity contribution in [3.63, 3.8) is 0 Å². The van der Waals surface area contributed by atoms with Gasteiger partial charge in [-0.15, -0.1) is 0 Å². The Balaban J connectivity index is 1.91. The van der Waals surface area contributed by atoms with E-state index in [0.717, 1.165) is 30.4 Å². The van der Waals surface area contributed by atoms with Gasteiger partial charge in [0.05, 0.1) is 12.0 Å². The molecule has 53 heavy (non-hydrogen) atoms. The average Bonchev–Trinajstić information content (AvgIpc) is 3.46. The van der Waals surface area contributed by atoms with E-state index in [0.29, 0.717) is 6.42 Å². The molecule has 1 heterocycles. The standard InChI is InChI=1S/C44H65NO6S2/c1-8-9-10-14-23-32-53-33-24-15-12-11-13-22-29-37(43(48,30-31-49-7)40(47)50-42(4,5)6)39(46)45-38(34(2)3)44(51-41(45)52,35-25-18-16-19-26-35)36-27-20-17-21-28-36/h16-22,25-29,34,37-38,48H,8-15,23-24,30-33H2,1-7H3/b29-22+/t37-,38+,43+/m1/s1. The molecule has 0 radical (unpaired) electrons. The number of ether oxygens (including phenoxy) is 3. The molecule has 0 aromatic heterocycles. The van der Waals surface area contributed by atoms with Crippen LogP contribution in [-0.2, 0) is 29.4 Å². The van der Waals surface area contributed by atoms with E-state index < -0.39 is 40.6 Å². The summed E-state index contributed by atoms with van der Waals surface area (Å²) in [6.45, 7) is 11.6. The van der Waals surface area contributed by atoms with Gasteiger partial charge in [0.25, 0.3) is 5.17 Å². The van der Waals surface area contributed by atoms with Gasteiger partial charge in [-0.05, 0) is 76.1 Å². The first kappa shape index (κ1) is 44.7. The second-order valence-electron chi connectivity index (χ2n) is 15.5. The van der Waals surface area contributed by atoms with Crippen LogP contribution in [0.15, 0.2) is 72.8 Å². The molecule has 3 atom stereocenters. The van der Waals surface area contributed by atoms with Gasteiger partial charge in [-0.1, -0.05) is 132 Å². The lowest BCUT2D eigenvalue weighted by Gasteiger charge is -2.40. The number of nitrogens with zero attached hydrogens (tertiary/aromatic N) is 1. The number of carbonyl (C=O) groups excluding carboxylic acids is 2. The lowest BCUT2D eigenvalue weighted by molar-refractivity contribution is -0.186. The molecule has 0 unspecified atom stereocenters. The molecular weight excluding hydrogens is 703 g/mol. The van der Waals surface area contributed by atoms with Crippen molar-refractivity contribution in [2.75, 3.05) is 25.2 Å². The lowest BCUT2D eigenvalue weighted by Crippen LogP contribution is -2.58. The van der Waals surface area contributed by atoms with Gasteiger partial charge in [0.15, 0.2) is 11.2 Å². The summed E-state index contributed by atoms with van der Waals surface area (Å²) in [5.41, 5.74) is -2.55. The average molecular weight is 768 g/mol. The maximum atomic E-state index is 15.2. The minimum absolute atomic E-state index is 0.00286. The minimum Gasteiger partial charge on any atom is -0.458 e. The highest BCUT2D eigenvalue weighted by Crippen LogP contribution is 2.48. The van der Waals surface area contributed by atoms with E-state index >= 15 is 4.79 Å². The van der Waals surface area contributed by atoms with Gasteiger partial charge >= 0.3 is 5.97 Å². The minimum atomic E-state index is -2.23. The van der Waals surface area contributed by atoms with E-state index in [4.69, 9.17) is 26.4 Å². The first-order valence-corrected chi connectivity index (χ1v) is 21.3. The van der Waals surface area contributed by atoms with Crippen LogP contribution in [0.4, 0.5) is 0 Å². The second kappa shape index (κ2) is 22.0. The van der Waals surface area contributed by atoms with Crippen LogP contribution in [0.3, 0.4) is 0 Å². The Hall–Kier alpha value is -2.72. The van der Waals surface area contributed by atoms with Crippen molar-refractivity contribution < 1.29 is 28.9 Å². The third kappa shape index (κ3) is 12.4. The molecule has 294 valence electrons. The monoisotopic (exact) mass is 767 g/mol. The number of benzene rings is 2. The van der Waals surface area contributed by atoms with Crippen LogP contribution in [0, 0.1) is 11.8 Å². The lowest BCUT2D eigenvalue weighted by atomic mass is 9.75. The first-order chi connectivity index (χ1) is 25.3. The van der Waals surface area contributed by atoms with Crippen LogP contribution < -0.4 is 0 Å². The molecule has 2 aromatic rings. The smallest absolute Gasteiger partial charge is 0.339 e. The highest BCUT2D eigenvalue weighted by molar-refractivity contribution is 7.99. The number of hydrogen-bond donors (Lipinski definition) is 1. The number of rotatable bonds is 23. The van der Waals surface area contributed by atoms with Crippen molar-refractivity contribution in [2.45, 2.75) is 135 Å². The van der Waals surface area contributed by atoms with Gasteiger partial charge in [-0.3, -0.25) is 9.69 Å². The Kier molecular flexibility index (Phi) is 18.5. The van der Waals surface area contributed by atoms with Crippen molar-refractivity contribution in [2.24, 2.45) is 11.8 Å². The number of allylic oxidation sites excluding steroid dienone is 1. The van der Waals surface area contributed by atoms with Crippen molar-refractivity contribution in [3.05, 3.63) is 83.9 Å². The van der Waals surface area contributed by atoms with E-state index in [1.807, 2.05) is 80.6 Å². The van der Waals surface area contributed by atoms with Gasteiger partial charge in [0, 0.05) is 31.3 Å². The summed E-state index contributed by atoms with van der Waals surface area (Å²) in [6, 6.07) is 19.0. The zero-order valence-corrected chi connectivity index (χ0v) is 34.9. The number of esters is 1. The number of amides is 1. The highest BCUT2D eigenvalue weighted by atomic mass is 32.2. The van der Waals surface area contributed by atoms with E-state index in [2.05, 4.69) is 18.7 Å². The Morgan fingerprint density at radius 2 is 1.47 bits per heavy atom. The number of aliphatic hydroxyl groups is 1. The number of carbonyl (C=O) groups is 2. The van der Waals surface area contributed by atoms with Gasteiger partial charge in [-0.2, -0.15) is 11.8 Å². The van der Waals surface area contributed by atoms with Gasteiger partial charge in [0.2, 0.25) is 5.91 Å². The van der Waals surface area contributed by atoms with Crippen LogP contribution in [0.25, 0.3) is 0 Å². The van der Waals surface area contributed by atoms with Gasteiger partial charge in [0.1, 0.15) is 5.60 Å². The van der Waals surface area contributed by atoms with Crippen molar-refractivity contribution in [1.29, 1.82) is 0 Å². The molecule has 0 saturated carbocycles. The van der Waals surface area contributed by atoms with Gasteiger partial charge < -0.3 is 19.3 Å². The normalized spacial score (nSPS) is 17.6. The van der Waals surface area contributed by atoms with E-state index in [-0.39, 0.29) is 24.1 Å². The van der Waals surface area contributed by atoms with E-state index in [1.165, 1.54) is 62.0 Å². The Morgan fingerprint density at radius 1 is 0.925 bits per heavy atom. The molecule has 1 fully saturated rings. The molecule has 2 aromatic carbocycles. The van der Waals surface area contributed by atoms with Crippen LogP contribution in [-0.4, -0.2) is 69.5 Å². The molecule has 1 saturated heterocycles. The number of thiocarbonyl (C=S) groups is 1. The third-order valence-corrected chi connectivity index (χ3v) is 11.2. The maximum Gasteiger partial charge on any atom is 0.339 e. The maximum absolute atomic E-state index is 15.2. The summed E-state index contributed by atoms with van der Waals surface area (Å²) in [6.07, 6.45) is 15.1.